The molecule has 1 N–H and O–H groups in total. The first-order valence-corrected chi connectivity index (χ1v) is 6.91. The van der Waals surface area contributed by atoms with Gasteiger partial charge in [-0.15, -0.1) is 0 Å². The first-order valence-electron chi connectivity index (χ1n) is 6.12. The number of carbonyl (C=O) groups is 1. The number of nitrogens with one attached hydrogen (secondary N) is 1. The molecular weight excluding hydrogens is 325 g/mol. The Labute approximate surface area is 125 Å². The molecule has 0 aliphatic carbocycles. The van der Waals surface area contributed by atoms with Gasteiger partial charge in [0.15, 0.2) is 0 Å². The summed E-state index contributed by atoms with van der Waals surface area (Å²) in [6, 6.07) is 4.64. The fraction of sp³-hybridized carbons (Fsp3) is 0.286. The highest BCUT2D eigenvalue weighted by atomic mass is 79.9. The number of aryl methyl sites for hydroxylation is 2. The maximum absolute atomic E-state index is 13.6. The van der Waals surface area contributed by atoms with Crippen LogP contribution in [0.3, 0.4) is 0 Å². The zero-order valence-electron chi connectivity index (χ0n) is 11.5. The normalized spacial score (nSPS) is 10.7. The molecule has 0 spiro atoms. The van der Waals surface area contributed by atoms with Crippen LogP contribution < -0.4 is 5.32 Å². The van der Waals surface area contributed by atoms with Crippen molar-refractivity contribution in [3.05, 3.63) is 51.0 Å². The van der Waals surface area contributed by atoms with E-state index in [4.69, 9.17) is 0 Å². The van der Waals surface area contributed by atoms with Crippen molar-refractivity contribution in [2.75, 3.05) is 0 Å². The highest BCUT2D eigenvalue weighted by Crippen LogP contribution is 2.16. The summed E-state index contributed by atoms with van der Waals surface area (Å²) in [5.74, 6) is -0.583. The molecule has 20 heavy (non-hydrogen) atoms. The van der Waals surface area contributed by atoms with Gasteiger partial charge in [-0.25, -0.2) is 4.39 Å². The number of nitrogens with zero attached hydrogens (tertiary/aromatic N) is 2. The van der Waals surface area contributed by atoms with E-state index >= 15 is 0 Å². The molecule has 1 heterocycles. The summed E-state index contributed by atoms with van der Waals surface area (Å²) in [4.78, 5) is 12.2. The second-order valence-electron chi connectivity index (χ2n) is 4.59. The molecule has 0 saturated carbocycles. The van der Waals surface area contributed by atoms with Crippen LogP contribution >= 0.6 is 15.9 Å². The SMILES string of the molecule is Cc1nn(C)c(C)c1C(=O)NCc1cc(Br)ccc1F. The summed E-state index contributed by atoms with van der Waals surface area (Å²) < 4.78 is 16.0. The smallest absolute Gasteiger partial charge is 0.255 e. The van der Waals surface area contributed by atoms with Gasteiger partial charge >= 0.3 is 0 Å². The Hall–Kier alpha value is -1.69. The minimum atomic E-state index is -0.340. The molecule has 0 aliphatic rings. The zero-order valence-corrected chi connectivity index (χ0v) is 13.1. The third kappa shape index (κ3) is 2.90. The van der Waals surface area contributed by atoms with Gasteiger partial charge < -0.3 is 5.32 Å². The van der Waals surface area contributed by atoms with Crippen molar-refractivity contribution in [1.29, 1.82) is 0 Å². The van der Waals surface area contributed by atoms with E-state index < -0.39 is 0 Å². The average molecular weight is 340 g/mol. The van der Waals surface area contributed by atoms with Gasteiger partial charge in [-0.1, -0.05) is 15.9 Å². The molecule has 0 saturated heterocycles. The number of hydrogen-bond acceptors (Lipinski definition) is 2. The number of hydrogen-bond donors (Lipinski definition) is 1. The van der Waals surface area contributed by atoms with Crippen LogP contribution in [0.25, 0.3) is 0 Å². The molecule has 2 aromatic rings. The summed E-state index contributed by atoms with van der Waals surface area (Å²) in [6.07, 6.45) is 0. The van der Waals surface area contributed by atoms with Crippen LogP contribution in [0.5, 0.6) is 0 Å². The number of carbonyl (C=O) groups excluding carboxylic acids is 1. The fourth-order valence-electron chi connectivity index (χ4n) is 2.04. The van der Waals surface area contributed by atoms with Crippen LogP contribution in [-0.2, 0) is 13.6 Å². The van der Waals surface area contributed by atoms with Gasteiger partial charge in [0, 0.05) is 29.3 Å². The Bertz CT molecular complexity index is 667. The summed E-state index contributed by atoms with van der Waals surface area (Å²) >= 11 is 3.28. The lowest BCUT2D eigenvalue weighted by Gasteiger charge is -2.07. The lowest BCUT2D eigenvalue weighted by molar-refractivity contribution is 0.0949. The van der Waals surface area contributed by atoms with Crippen LogP contribution in [0, 0.1) is 19.7 Å². The van der Waals surface area contributed by atoms with Gasteiger partial charge in [-0.05, 0) is 32.0 Å². The van der Waals surface area contributed by atoms with Crippen LogP contribution in [0.15, 0.2) is 22.7 Å². The first kappa shape index (κ1) is 14.7. The predicted octanol–water partition coefficient (Wildman–Crippen LogP) is 2.87. The van der Waals surface area contributed by atoms with E-state index in [1.54, 1.807) is 30.8 Å². The predicted molar refractivity (Wildman–Crippen MR) is 78.0 cm³/mol. The van der Waals surface area contributed by atoms with Crippen molar-refractivity contribution < 1.29 is 9.18 Å². The monoisotopic (exact) mass is 339 g/mol. The Kier molecular flexibility index (Phi) is 4.23. The molecule has 1 aromatic heterocycles. The quantitative estimate of drug-likeness (QED) is 0.934. The second-order valence-corrected chi connectivity index (χ2v) is 5.50. The molecule has 106 valence electrons. The summed E-state index contributed by atoms with van der Waals surface area (Å²) in [5.41, 5.74) is 2.43. The number of aromatic nitrogens is 2. The van der Waals surface area contributed by atoms with Gasteiger partial charge in [0.1, 0.15) is 5.82 Å². The lowest BCUT2D eigenvalue weighted by atomic mass is 10.1. The van der Waals surface area contributed by atoms with Crippen molar-refractivity contribution in [3.63, 3.8) is 0 Å². The van der Waals surface area contributed by atoms with Crippen LogP contribution in [-0.4, -0.2) is 15.7 Å². The van der Waals surface area contributed by atoms with Crippen molar-refractivity contribution in [2.45, 2.75) is 20.4 Å². The maximum atomic E-state index is 13.6. The molecule has 0 unspecified atom stereocenters. The van der Waals surface area contributed by atoms with Crippen molar-refractivity contribution in [2.24, 2.45) is 7.05 Å². The largest absolute Gasteiger partial charge is 0.348 e. The van der Waals surface area contributed by atoms with E-state index in [0.717, 1.165) is 10.2 Å². The lowest BCUT2D eigenvalue weighted by Crippen LogP contribution is -2.24. The van der Waals surface area contributed by atoms with Crippen LogP contribution in [0.1, 0.15) is 27.3 Å². The number of amides is 1. The van der Waals surface area contributed by atoms with Crippen LogP contribution in [0.4, 0.5) is 4.39 Å². The molecule has 0 fully saturated rings. The van der Waals surface area contributed by atoms with Gasteiger partial charge in [0.25, 0.3) is 5.91 Å². The van der Waals surface area contributed by atoms with E-state index in [1.165, 1.54) is 6.07 Å². The van der Waals surface area contributed by atoms with Crippen molar-refractivity contribution >= 4 is 21.8 Å². The topological polar surface area (TPSA) is 46.9 Å². The van der Waals surface area contributed by atoms with Gasteiger partial charge in [-0.2, -0.15) is 5.10 Å². The molecular formula is C14H15BrFN3O. The number of halogens is 2. The molecule has 4 nitrogen and oxygen atoms in total. The molecule has 6 heteroatoms. The molecule has 0 radical (unpaired) electrons. The zero-order chi connectivity index (χ0) is 14.9. The van der Waals surface area contributed by atoms with E-state index in [1.807, 2.05) is 6.92 Å². The standard InChI is InChI=1S/C14H15BrFN3O/c1-8-13(9(2)19(3)18-8)14(20)17-7-10-6-11(15)4-5-12(10)16/h4-6H,7H2,1-3H3,(H,17,20). The molecule has 1 aromatic carbocycles. The maximum Gasteiger partial charge on any atom is 0.255 e. The number of benzene rings is 1. The molecule has 0 aliphatic heterocycles. The summed E-state index contributed by atoms with van der Waals surface area (Å²) in [5, 5.41) is 6.92. The van der Waals surface area contributed by atoms with Crippen LogP contribution in [0.2, 0.25) is 0 Å². The Morgan fingerprint density at radius 3 is 2.75 bits per heavy atom. The highest BCUT2D eigenvalue weighted by molar-refractivity contribution is 9.10. The first-order chi connectivity index (χ1) is 9.40. The highest BCUT2D eigenvalue weighted by Gasteiger charge is 2.17. The van der Waals surface area contributed by atoms with Gasteiger partial charge in [0.05, 0.1) is 11.3 Å². The Balaban J connectivity index is 2.15. The van der Waals surface area contributed by atoms with E-state index in [0.29, 0.717) is 16.8 Å². The van der Waals surface area contributed by atoms with Gasteiger partial charge in [0.2, 0.25) is 0 Å². The molecule has 0 bridgehead atoms. The van der Waals surface area contributed by atoms with Crippen molar-refractivity contribution in [1.82, 2.24) is 15.1 Å². The van der Waals surface area contributed by atoms with Gasteiger partial charge in [-0.3, -0.25) is 9.48 Å². The minimum absolute atomic E-state index is 0.137. The van der Waals surface area contributed by atoms with E-state index in [-0.39, 0.29) is 18.3 Å². The fourth-order valence-corrected chi connectivity index (χ4v) is 2.45. The van der Waals surface area contributed by atoms with Crippen molar-refractivity contribution in [3.8, 4) is 0 Å². The van der Waals surface area contributed by atoms with E-state index in [2.05, 4.69) is 26.3 Å². The second kappa shape index (κ2) is 5.75. The minimum Gasteiger partial charge on any atom is -0.348 e. The number of rotatable bonds is 3. The summed E-state index contributed by atoms with van der Waals surface area (Å²) in [7, 11) is 1.78. The third-order valence-corrected chi connectivity index (χ3v) is 3.68. The van der Waals surface area contributed by atoms with E-state index in [9.17, 15) is 9.18 Å². The Morgan fingerprint density at radius 1 is 1.45 bits per heavy atom. The average Bonchev–Trinajstić information content (AvgIpc) is 2.64. The summed E-state index contributed by atoms with van der Waals surface area (Å²) in [6.45, 7) is 3.74. The molecule has 2 rings (SSSR count). The molecule has 0 atom stereocenters. The Morgan fingerprint density at radius 2 is 2.15 bits per heavy atom. The third-order valence-electron chi connectivity index (χ3n) is 3.18. The molecule has 1 amide bonds.